The van der Waals surface area contributed by atoms with Crippen LogP contribution in [0.2, 0.25) is 0 Å². The second-order valence-electron chi connectivity index (χ2n) is 5.32. The van der Waals surface area contributed by atoms with E-state index in [1.165, 1.54) is 12.1 Å². The van der Waals surface area contributed by atoms with Crippen molar-refractivity contribution in [2.24, 2.45) is 0 Å². The molecule has 7 heteroatoms. The van der Waals surface area contributed by atoms with Crippen LogP contribution in [0.1, 0.15) is 34.5 Å². The minimum atomic E-state index is -4.68. The molecular weight excluding hydrogens is 335 g/mol. The van der Waals surface area contributed by atoms with Gasteiger partial charge in [0, 0.05) is 0 Å². The fourth-order valence-corrected chi connectivity index (χ4v) is 2.23. The Morgan fingerprint density at radius 1 is 1.04 bits per heavy atom. The van der Waals surface area contributed by atoms with E-state index in [4.69, 9.17) is 4.74 Å². The van der Waals surface area contributed by atoms with Gasteiger partial charge in [0.1, 0.15) is 0 Å². The third-order valence-electron chi connectivity index (χ3n) is 3.46. The molecule has 1 unspecified atom stereocenters. The summed E-state index contributed by atoms with van der Waals surface area (Å²) in [4.78, 5) is 23.7. The zero-order chi connectivity index (χ0) is 18.4. The molecule has 0 aromatic heterocycles. The number of nitrogens with one attached hydrogen (secondary N) is 1. The summed E-state index contributed by atoms with van der Waals surface area (Å²) < 4.78 is 43.4. The average molecular weight is 351 g/mol. The highest BCUT2D eigenvalue weighted by atomic mass is 19.4. The summed E-state index contributed by atoms with van der Waals surface area (Å²) in [6.07, 6.45) is -4.68. The molecule has 0 aliphatic heterocycles. The van der Waals surface area contributed by atoms with E-state index in [-0.39, 0.29) is 6.04 Å². The number of carbonyl (C=O) groups excluding carboxylic acids is 2. The SMILES string of the molecule is CC(NC(=O)COC(=O)c1ccccc1C(F)(F)F)c1ccccc1. The second-order valence-corrected chi connectivity index (χ2v) is 5.32. The van der Waals surface area contributed by atoms with Crippen LogP contribution in [0.5, 0.6) is 0 Å². The first kappa shape index (κ1) is 18.5. The van der Waals surface area contributed by atoms with Crippen molar-refractivity contribution in [1.82, 2.24) is 5.32 Å². The molecule has 0 heterocycles. The molecule has 0 saturated heterocycles. The monoisotopic (exact) mass is 351 g/mol. The van der Waals surface area contributed by atoms with Crippen molar-refractivity contribution in [1.29, 1.82) is 0 Å². The van der Waals surface area contributed by atoms with Gasteiger partial charge in [-0.15, -0.1) is 0 Å². The largest absolute Gasteiger partial charge is 0.452 e. The van der Waals surface area contributed by atoms with Gasteiger partial charge >= 0.3 is 12.1 Å². The summed E-state index contributed by atoms with van der Waals surface area (Å²) in [6.45, 7) is 1.08. The minimum Gasteiger partial charge on any atom is -0.452 e. The zero-order valence-electron chi connectivity index (χ0n) is 13.3. The molecule has 2 aromatic carbocycles. The zero-order valence-corrected chi connectivity index (χ0v) is 13.3. The molecule has 2 rings (SSSR count). The Labute approximate surface area is 142 Å². The van der Waals surface area contributed by atoms with Gasteiger partial charge in [-0.25, -0.2) is 4.79 Å². The first-order valence-corrected chi connectivity index (χ1v) is 7.46. The van der Waals surface area contributed by atoms with Crippen LogP contribution in [0, 0.1) is 0 Å². The summed E-state index contributed by atoms with van der Waals surface area (Å²) in [5.41, 5.74) is -0.874. The van der Waals surface area contributed by atoms with E-state index >= 15 is 0 Å². The van der Waals surface area contributed by atoms with Crippen molar-refractivity contribution < 1.29 is 27.5 Å². The van der Waals surface area contributed by atoms with Crippen molar-refractivity contribution in [3.8, 4) is 0 Å². The first-order valence-electron chi connectivity index (χ1n) is 7.46. The van der Waals surface area contributed by atoms with Crippen LogP contribution in [0.25, 0.3) is 0 Å². The number of carbonyl (C=O) groups is 2. The minimum absolute atomic E-state index is 0.324. The van der Waals surface area contributed by atoms with E-state index in [0.29, 0.717) is 0 Å². The van der Waals surface area contributed by atoms with Crippen LogP contribution in [0.15, 0.2) is 54.6 Å². The summed E-state index contributed by atoms with van der Waals surface area (Å²) in [7, 11) is 0. The van der Waals surface area contributed by atoms with Crippen molar-refractivity contribution in [3.05, 3.63) is 71.3 Å². The van der Waals surface area contributed by atoms with Crippen molar-refractivity contribution >= 4 is 11.9 Å². The number of rotatable bonds is 5. The van der Waals surface area contributed by atoms with E-state index in [1.54, 1.807) is 6.92 Å². The fraction of sp³-hybridized carbons (Fsp3) is 0.222. The molecule has 2 aromatic rings. The number of hydrogen-bond acceptors (Lipinski definition) is 3. The Balaban J connectivity index is 1.95. The number of esters is 1. The van der Waals surface area contributed by atoms with Crippen LogP contribution in [0.4, 0.5) is 13.2 Å². The van der Waals surface area contributed by atoms with Gasteiger partial charge in [-0.3, -0.25) is 4.79 Å². The van der Waals surface area contributed by atoms with E-state index < -0.39 is 35.8 Å². The summed E-state index contributed by atoms with van der Waals surface area (Å²) in [5.74, 6) is -1.80. The maximum absolute atomic E-state index is 12.9. The lowest BCUT2D eigenvalue weighted by molar-refractivity contribution is -0.138. The molecule has 4 nitrogen and oxygen atoms in total. The van der Waals surface area contributed by atoms with Crippen molar-refractivity contribution in [2.75, 3.05) is 6.61 Å². The lowest BCUT2D eigenvalue weighted by Crippen LogP contribution is -2.31. The molecule has 1 atom stereocenters. The smallest absolute Gasteiger partial charge is 0.417 e. The molecule has 0 bridgehead atoms. The van der Waals surface area contributed by atoms with E-state index in [2.05, 4.69) is 5.32 Å². The standard InChI is InChI=1S/C18H16F3NO3/c1-12(13-7-3-2-4-8-13)22-16(23)11-25-17(24)14-9-5-6-10-15(14)18(19,20)21/h2-10,12H,11H2,1H3,(H,22,23). The summed E-state index contributed by atoms with van der Waals surface area (Å²) >= 11 is 0. The average Bonchev–Trinajstić information content (AvgIpc) is 2.59. The highest BCUT2D eigenvalue weighted by molar-refractivity contribution is 5.93. The predicted octanol–water partition coefficient (Wildman–Crippen LogP) is 3.74. The number of benzene rings is 2. The van der Waals surface area contributed by atoms with Crippen LogP contribution >= 0.6 is 0 Å². The molecule has 25 heavy (non-hydrogen) atoms. The Morgan fingerprint density at radius 3 is 2.28 bits per heavy atom. The third kappa shape index (κ3) is 5.07. The van der Waals surface area contributed by atoms with E-state index in [1.807, 2.05) is 30.3 Å². The number of halogens is 3. The first-order chi connectivity index (χ1) is 11.8. The highest BCUT2D eigenvalue weighted by Crippen LogP contribution is 2.32. The molecule has 0 aliphatic carbocycles. The fourth-order valence-electron chi connectivity index (χ4n) is 2.23. The molecule has 1 N–H and O–H groups in total. The Morgan fingerprint density at radius 2 is 1.64 bits per heavy atom. The maximum atomic E-state index is 12.9. The third-order valence-corrected chi connectivity index (χ3v) is 3.46. The lowest BCUT2D eigenvalue weighted by atomic mass is 10.1. The van der Waals surface area contributed by atoms with Crippen molar-refractivity contribution in [3.63, 3.8) is 0 Å². The lowest BCUT2D eigenvalue weighted by Gasteiger charge is -2.15. The van der Waals surface area contributed by atoms with Gasteiger partial charge in [0.15, 0.2) is 6.61 Å². The normalized spacial score (nSPS) is 12.3. The summed E-state index contributed by atoms with van der Waals surface area (Å²) in [6, 6.07) is 13.0. The van der Waals surface area contributed by atoms with E-state index in [0.717, 1.165) is 17.7 Å². The Hall–Kier alpha value is -2.83. The second kappa shape index (κ2) is 7.83. The number of ether oxygens (including phenoxy) is 1. The molecule has 0 saturated carbocycles. The van der Waals surface area contributed by atoms with E-state index in [9.17, 15) is 22.8 Å². The van der Waals surface area contributed by atoms with Gasteiger partial charge < -0.3 is 10.1 Å². The van der Waals surface area contributed by atoms with Crippen LogP contribution in [-0.4, -0.2) is 18.5 Å². The molecule has 0 spiro atoms. The predicted molar refractivity (Wildman–Crippen MR) is 84.7 cm³/mol. The molecule has 0 fully saturated rings. The Kier molecular flexibility index (Phi) is 5.80. The quantitative estimate of drug-likeness (QED) is 0.835. The molecule has 132 valence electrons. The summed E-state index contributed by atoms with van der Waals surface area (Å²) in [5, 5.41) is 2.61. The van der Waals surface area contributed by atoms with Crippen LogP contribution in [-0.2, 0) is 15.7 Å². The molecular formula is C18H16F3NO3. The molecule has 1 amide bonds. The molecule has 0 radical (unpaired) electrons. The van der Waals surface area contributed by atoms with Gasteiger partial charge in [-0.2, -0.15) is 13.2 Å². The van der Waals surface area contributed by atoms with Gasteiger partial charge in [0.2, 0.25) is 0 Å². The maximum Gasteiger partial charge on any atom is 0.417 e. The Bertz CT molecular complexity index is 745. The van der Waals surface area contributed by atoms with Gasteiger partial charge in [-0.1, -0.05) is 42.5 Å². The molecule has 0 aliphatic rings. The van der Waals surface area contributed by atoms with Gasteiger partial charge in [0.05, 0.1) is 17.2 Å². The number of alkyl halides is 3. The van der Waals surface area contributed by atoms with Crippen LogP contribution < -0.4 is 5.32 Å². The highest BCUT2D eigenvalue weighted by Gasteiger charge is 2.35. The van der Waals surface area contributed by atoms with Crippen molar-refractivity contribution in [2.45, 2.75) is 19.1 Å². The topological polar surface area (TPSA) is 55.4 Å². The van der Waals surface area contributed by atoms with Gasteiger partial charge in [-0.05, 0) is 24.6 Å². The number of hydrogen-bond donors (Lipinski definition) is 1. The number of amides is 1. The van der Waals surface area contributed by atoms with Gasteiger partial charge in [0.25, 0.3) is 5.91 Å². The van der Waals surface area contributed by atoms with Crippen LogP contribution in [0.3, 0.4) is 0 Å².